The van der Waals surface area contributed by atoms with Crippen LogP contribution in [0.15, 0.2) is 12.4 Å². The zero-order valence-corrected chi connectivity index (χ0v) is 7.98. The highest BCUT2D eigenvalue weighted by Crippen LogP contribution is 2.30. The van der Waals surface area contributed by atoms with Gasteiger partial charge in [-0.3, -0.25) is 0 Å². The molecule has 0 radical (unpaired) electrons. The molecule has 1 aliphatic rings. The maximum atomic E-state index is 10.1. The molecule has 4 nitrogen and oxygen atoms in total. The van der Waals surface area contributed by atoms with E-state index in [0.717, 1.165) is 25.7 Å². The van der Waals surface area contributed by atoms with Crippen molar-refractivity contribution in [3.63, 3.8) is 0 Å². The maximum Gasteiger partial charge on any atom is 0.212 e. The van der Waals surface area contributed by atoms with Gasteiger partial charge in [-0.15, -0.1) is 0 Å². The van der Waals surface area contributed by atoms with Crippen molar-refractivity contribution >= 4 is 0 Å². The molecule has 0 saturated heterocycles. The number of nitrogens with zero attached hydrogens (tertiary/aromatic N) is 3. The molecular formula is C10H13N3O. The van der Waals surface area contributed by atoms with E-state index in [4.69, 9.17) is 5.26 Å². The molecule has 1 aromatic heterocycles. The van der Waals surface area contributed by atoms with Crippen LogP contribution in [-0.2, 0) is 6.54 Å². The summed E-state index contributed by atoms with van der Waals surface area (Å²) in [6.07, 6.45) is 7.15. The second-order valence-electron chi connectivity index (χ2n) is 3.92. The SMILES string of the molecule is N#Cc1nccn1CC1(O)CCCC1. The van der Waals surface area contributed by atoms with Crippen molar-refractivity contribution < 1.29 is 5.11 Å². The molecule has 1 fully saturated rings. The number of aromatic nitrogens is 2. The Kier molecular flexibility index (Phi) is 2.26. The summed E-state index contributed by atoms with van der Waals surface area (Å²) < 4.78 is 1.73. The fraction of sp³-hybridized carbons (Fsp3) is 0.600. The number of hydrogen-bond donors (Lipinski definition) is 1. The first-order valence-corrected chi connectivity index (χ1v) is 4.87. The third kappa shape index (κ3) is 1.64. The molecule has 0 aromatic carbocycles. The summed E-state index contributed by atoms with van der Waals surface area (Å²) in [7, 11) is 0. The summed E-state index contributed by atoms with van der Waals surface area (Å²) in [6.45, 7) is 0.496. The molecule has 1 aromatic rings. The number of nitriles is 1. The topological polar surface area (TPSA) is 61.8 Å². The number of hydrogen-bond acceptors (Lipinski definition) is 3. The molecule has 1 aliphatic carbocycles. The first-order valence-electron chi connectivity index (χ1n) is 4.87. The van der Waals surface area contributed by atoms with Crippen LogP contribution >= 0.6 is 0 Å². The van der Waals surface area contributed by atoms with E-state index in [0.29, 0.717) is 12.4 Å². The minimum absolute atomic E-state index is 0.380. The molecule has 1 N–H and O–H groups in total. The molecule has 0 bridgehead atoms. The van der Waals surface area contributed by atoms with Gasteiger partial charge in [-0.1, -0.05) is 12.8 Å². The highest BCUT2D eigenvalue weighted by molar-refractivity contribution is 5.11. The first kappa shape index (κ1) is 9.22. The molecule has 2 rings (SSSR count). The Labute approximate surface area is 82.8 Å². The van der Waals surface area contributed by atoms with E-state index in [1.54, 1.807) is 17.0 Å². The van der Waals surface area contributed by atoms with Crippen molar-refractivity contribution in [2.75, 3.05) is 0 Å². The lowest BCUT2D eigenvalue weighted by Crippen LogP contribution is -2.30. The molecule has 74 valence electrons. The Bertz CT molecular complexity index is 358. The van der Waals surface area contributed by atoms with Crippen molar-refractivity contribution in [3.8, 4) is 6.07 Å². The third-order valence-corrected chi connectivity index (χ3v) is 2.81. The number of imidazole rings is 1. The van der Waals surface area contributed by atoms with Crippen LogP contribution in [-0.4, -0.2) is 20.3 Å². The largest absolute Gasteiger partial charge is 0.388 e. The summed E-state index contributed by atoms with van der Waals surface area (Å²) >= 11 is 0. The van der Waals surface area contributed by atoms with Gasteiger partial charge in [0.2, 0.25) is 5.82 Å². The van der Waals surface area contributed by atoms with Crippen LogP contribution in [0.2, 0.25) is 0 Å². The van der Waals surface area contributed by atoms with Gasteiger partial charge in [-0.05, 0) is 12.8 Å². The smallest absolute Gasteiger partial charge is 0.212 e. The van der Waals surface area contributed by atoms with Crippen molar-refractivity contribution in [2.24, 2.45) is 0 Å². The normalized spacial score (nSPS) is 19.4. The van der Waals surface area contributed by atoms with E-state index < -0.39 is 5.60 Å². The van der Waals surface area contributed by atoms with E-state index in [1.807, 2.05) is 6.07 Å². The molecule has 14 heavy (non-hydrogen) atoms. The fourth-order valence-electron chi connectivity index (χ4n) is 2.06. The van der Waals surface area contributed by atoms with Crippen LogP contribution < -0.4 is 0 Å². The Morgan fingerprint density at radius 3 is 2.93 bits per heavy atom. The summed E-state index contributed by atoms with van der Waals surface area (Å²) in [5.41, 5.74) is -0.619. The molecule has 0 unspecified atom stereocenters. The van der Waals surface area contributed by atoms with Gasteiger partial charge < -0.3 is 9.67 Å². The second-order valence-corrected chi connectivity index (χ2v) is 3.92. The third-order valence-electron chi connectivity index (χ3n) is 2.81. The van der Waals surface area contributed by atoms with Gasteiger partial charge in [0.15, 0.2) is 0 Å². The molecule has 4 heteroatoms. The van der Waals surface area contributed by atoms with Crippen LogP contribution in [0.1, 0.15) is 31.5 Å². The summed E-state index contributed by atoms with van der Waals surface area (Å²) in [5, 5.41) is 18.9. The van der Waals surface area contributed by atoms with Crippen LogP contribution in [0.4, 0.5) is 0 Å². The standard InChI is InChI=1S/C10H13N3O/c11-7-9-12-5-6-13(9)8-10(14)3-1-2-4-10/h5-6,14H,1-4,8H2. The van der Waals surface area contributed by atoms with Crippen molar-refractivity contribution in [3.05, 3.63) is 18.2 Å². The van der Waals surface area contributed by atoms with Gasteiger partial charge in [0.05, 0.1) is 12.1 Å². The quantitative estimate of drug-likeness (QED) is 0.760. The van der Waals surface area contributed by atoms with Gasteiger partial charge >= 0.3 is 0 Å². The van der Waals surface area contributed by atoms with Crippen LogP contribution in [0.5, 0.6) is 0 Å². The van der Waals surface area contributed by atoms with Gasteiger partial charge in [0, 0.05) is 12.4 Å². The van der Waals surface area contributed by atoms with Crippen molar-refractivity contribution in [1.82, 2.24) is 9.55 Å². The van der Waals surface area contributed by atoms with E-state index in [-0.39, 0.29) is 0 Å². The Hall–Kier alpha value is -1.34. The van der Waals surface area contributed by atoms with Gasteiger partial charge in [-0.2, -0.15) is 5.26 Å². The average molecular weight is 191 g/mol. The molecule has 0 spiro atoms. The summed E-state index contributed by atoms with van der Waals surface area (Å²) in [6, 6.07) is 2.01. The zero-order chi connectivity index (χ0) is 10.0. The first-order chi connectivity index (χ1) is 6.73. The predicted molar refractivity (Wildman–Crippen MR) is 50.4 cm³/mol. The molecular weight excluding hydrogens is 178 g/mol. The fourth-order valence-corrected chi connectivity index (χ4v) is 2.06. The van der Waals surface area contributed by atoms with E-state index in [1.165, 1.54) is 0 Å². The maximum absolute atomic E-state index is 10.1. The highest BCUT2D eigenvalue weighted by atomic mass is 16.3. The summed E-state index contributed by atoms with van der Waals surface area (Å²) in [4.78, 5) is 3.90. The minimum Gasteiger partial charge on any atom is -0.388 e. The molecule has 1 saturated carbocycles. The van der Waals surface area contributed by atoms with Crippen LogP contribution in [0, 0.1) is 11.3 Å². The minimum atomic E-state index is -0.619. The van der Waals surface area contributed by atoms with E-state index in [9.17, 15) is 5.11 Å². The van der Waals surface area contributed by atoms with Crippen molar-refractivity contribution in [1.29, 1.82) is 5.26 Å². The van der Waals surface area contributed by atoms with E-state index >= 15 is 0 Å². The predicted octanol–water partition coefficient (Wildman–Crippen LogP) is 1.06. The lowest BCUT2D eigenvalue weighted by Gasteiger charge is -2.22. The lowest BCUT2D eigenvalue weighted by molar-refractivity contribution is 0.0296. The average Bonchev–Trinajstić information content (AvgIpc) is 2.75. The summed E-state index contributed by atoms with van der Waals surface area (Å²) in [5.74, 6) is 0.380. The van der Waals surface area contributed by atoms with Gasteiger partial charge in [0.25, 0.3) is 0 Å². The van der Waals surface area contributed by atoms with E-state index in [2.05, 4.69) is 4.98 Å². The Morgan fingerprint density at radius 2 is 2.29 bits per heavy atom. The number of rotatable bonds is 2. The number of aliphatic hydroxyl groups is 1. The van der Waals surface area contributed by atoms with Gasteiger partial charge in [-0.25, -0.2) is 4.98 Å². The van der Waals surface area contributed by atoms with Crippen LogP contribution in [0.25, 0.3) is 0 Å². The zero-order valence-electron chi connectivity index (χ0n) is 7.98. The molecule has 1 heterocycles. The van der Waals surface area contributed by atoms with Gasteiger partial charge in [0.1, 0.15) is 6.07 Å². The monoisotopic (exact) mass is 191 g/mol. The highest BCUT2D eigenvalue weighted by Gasteiger charge is 2.31. The second kappa shape index (κ2) is 3.43. The molecule has 0 aliphatic heterocycles. The Balaban J connectivity index is 2.14. The van der Waals surface area contributed by atoms with Crippen molar-refractivity contribution in [2.45, 2.75) is 37.8 Å². The molecule has 0 atom stereocenters. The molecule has 0 amide bonds. The lowest BCUT2D eigenvalue weighted by atomic mass is 10.0. The van der Waals surface area contributed by atoms with Crippen LogP contribution in [0.3, 0.4) is 0 Å². The Morgan fingerprint density at radius 1 is 1.57 bits per heavy atom.